The van der Waals surface area contributed by atoms with Gasteiger partial charge in [0.1, 0.15) is 5.41 Å². The molecule has 0 atom stereocenters. The molecule has 0 heterocycles. The van der Waals surface area contributed by atoms with Gasteiger partial charge >= 0.3 is 0 Å². The van der Waals surface area contributed by atoms with E-state index in [1.807, 2.05) is 60.7 Å². The summed E-state index contributed by atoms with van der Waals surface area (Å²) in [6.07, 6.45) is 0. The topological polar surface area (TPSA) is 49.3 Å². The van der Waals surface area contributed by atoms with Gasteiger partial charge in [0.15, 0.2) is 0 Å². The Morgan fingerprint density at radius 1 is 1.00 bits per heavy atom. The first-order valence-corrected chi connectivity index (χ1v) is 7.50. The zero-order chi connectivity index (χ0) is 15.1. The van der Waals surface area contributed by atoms with Crippen molar-refractivity contribution in [2.75, 3.05) is 18.9 Å². The van der Waals surface area contributed by atoms with Gasteiger partial charge in [-0.3, -0.25) is 4.79 Å². The molecule has 110 valence electrons. The third-order valence-corrected chi connectivity index (χ3v) is 4.03. The van der Waals surface area contributed by atoms with E-state index >= 15 is 0 Å². The Balaban J connectivity index is 2.54. The highest BCUT2D eigenvalue weighted by Gasteiger charge is 2.40. The number of amides is 1. The fraction of sp³-hybridized carbons (Fsp3) is 0.235. The van der Waals surface area contributed by atoms with Crippen LogP contribution in [0.5, 0.6) is 0 Å². The lowest BCUT2D eigenvalue weighted by atomic mass is 9.75. The van der Waals surface area contributed by atoms with Gasteiger partial charge in [0.25, 0.3) is 0 Å². The van der Waals surface area contributed by atoms with E-state index in [9.17, 15) is 4.79 Å². The molecule has 2 aromatic carbocycles. The lowest BCUT2D eigenvalue weighted by Gasteiger charge is -2.32. The number of hydrogen-bond donors (Lipinski definition) is 3. The van der Waals surface area contributed by atoms with Crippen molar-refractivity contribution in [3.05, 3.63) is 71.8 Å². The summed E-state index contributed by atoms with van der Waals surface area (Å²) < 4.78 is 0. The number of benzene rings is 2. The molecule has 2 rings (SSSR count). The van der Waals surface area contributed by atoms with Crippen LogP contribution in [0.4, 0.5) is 0 Å². The summed E-state index contributed by atoms with van der Waals surface area (Å²) in [7, 11) is 0. The molecule has 0 saturated heterocycles. The summed E-state index contributed by atoms with van der Waals surface area (Å²) in [5, 5.41) is 11.7. The summed E-state index contributed by atoms with van der Waals surface area (Å²) in [6, 6.07) is 19.2. The Morgan fingerprint density at radius 3 is 1.86 bits per heavy atom. The van der Waals surface area contributed by atoms with E-state index in [4.69, 9.17) is 5.11 Å². The Hall–Kier alpha value is -1.78. The van der Waals surface area contributed by atoms with Gasteiger partial charge in [0.2, 0.25) is 5.91 Å². The average molecular weight is 301 g/mol. The van der Waals surface area contributed by atoms with Gasteiger partial charge in [-0.1, -0.05) is 60.7 Å². The van der Waals surface area contributed by atoms with Crippen molar-refractivity contribution in [1.29, 1.82) is 0 Å². The highest BCUT2D eigenvalue weighted by Crippen LogP contribution is 2.33. The van der Waals surface area contributed by atoms with Gasteiger partial charge in [-0.05, 0) is 11.1 Å². The molecule has 2 aromatic rings. The Bertz CT molecular complexity index is 532. The number of aliphatic hydroxyl groups is 1. The summed E-state index contributed by atoms with van der Waals surface area (Å²) in [5.74, 6) is 0.196. The molecule has 21 heavy (non-hydrogen) atoms. The Labute approximate surface area is 130 Å². The Morgan fingerprint density at radius 2 is 1.48 bits per heavy atom. The minimum atomic E-state index is -0.860. The zero-order valence-corrected chi connectivity index (χ0v) is 12.6. The van der Waals surface area contributed by atoms with Gasteiger partial charge < -0.3 is 10.4 Å². The van der Waals surface area contributed by atoms with E-state index in [1.165, 1.54) is 0 Å². The molecule has 0 fully saturated rings. The van der Waals surface area contributed by atoms with Crippen LogP contribution in [0.15, 0.2) is 60.7 Å². The van der Waals surface area contributed by atoms with Gasteiger partial charge in [-0.15, -0.1) is 0 Å². The van der Waals surface area contributed by atoms with E-state index in [0.717, 1.165) is 11.1 Å². The number of thiol groups is 1. The van der Waals surface area contributed by atoms with Crippen molar-refractivity contribution in [2.45, 2.75) is 5.41 Å². The van der Waals surface area contributed by atoms with E-state index < -0.39 is 5.41 Å². The third kappa shape index (κ3) is 3.12. The maximum atomic E-state index is 12.8. The monoisotopic (exact) mass is 301 g/mol. The van der Waals surface area contributed by atoms with Crippen LogP contribution < -0.4 is 5.32 Å². The smallest absolute Gasteiger partial charge is 0.236 e. The molecule has 0 aliphatic rings. The van der Waals surface area contributed by atoms with Gasteiger partial charge in [0.05, 0.1) is 6.61 Å². The number of carbonyl (C=O) groups excluding carboxylic acids is 1. The molecule has 4 heteroatoms. The minimum Gasteiger partial charge on any atom is -0.395 e. The van der Waals surface area contributed by atoms with Gasteiger partial charge in [-0.25, -0.2) is 0 Å². The van der Waals surface area contributed by atoms with E-state index in [2.05, 4.69) is 17.9 Å². The first-order chi connectivity index (χ1) is 10.3. The van der Waals surface area contributed by atoms with Crippen LogP contribution in [0.1, 0.15) is 11.1 Å². The molecule has 0 aliphatic carbocycles. The van der Waals surface area contributed by atoms with Gasteiger partial charge in [0, 0.05) is 12.3 Å². The molecule has 1 amide bonds. The lowest BCUT2D eigenvalue weighted by Crippen LogP contribution is -2.47. The largest absolute Gasteiger partial charge is 0.395 e. The maximum absolute atomic E-state index is 12.8. The quantitative estimate of drug-likeness (QED) is 0.715. The molecule has 0 radical (unpaired) electrons. The molecule has 0 unspecified atom stereocenters. The van der Waals surface area contributed by atoms with Crippen LogP contribution in [-0.4, -0.2) is 29.9 Å². The van der Waals surface area contributed by atoms with Crippen molar-refractivity contribution < 1.29 is 9.90 Å². The average Bonchev–Trinajstić information content (AvgIpc) is 2.56. The zero-order valence-electron chi connectivity index (χ0n) is 11.7. The van der Waals surface area contributed by atoms with Crippen molar-refractivity contribution in [2.24, 2.45) is 0 Å². The predicted molar refractivity (Wildman–Crippen MR) is 87.6 cm³/mol. The molecule has 0 spiro atoms. The number of aliphatic hydroxyl groups excluding tert-OH is 1. The van der Waals surface area contributed by atoms with E-state index in [0.29, 0.717) is 5.75 Å². The predicted octanol–water partition coefficient (Wildman–Crippen LogP) is 2.01. The SMILES string of the molecule is O=C(NCCO)C(CS)(c1ccccc1)c1ccccc1. The van der Waals surface area contributed by atoms with Crippen LogP contribution >= 0.6 is 12.6 Å². The number of carbonyl (C=O) groups is 1. The fourth-order valence-electron chi connectivity index (χ4n) is 2.45. The first kappa shape index (κ1) is 15.6. The maximum Gasteiger partial charge on any atom is 0.236 e. The number of rotatable bonds is 6. The summed E-state index contributed by atoms with van der Waals surface area (Å²) >= 11 is 4.46. The Kier molecular flexibility index (Phi) is 5.42. The second kappa shape index (κ2) is 7.29. The summed E-state index contributed by atoms with van der Waals surface area (Å²) in [4.78, 5) is 12.8. The number of nitrogens with one attached hydrogen (secondary N) is 1. The van der Waals surface area contributed by atoms with Crippen LogP contribution in [0.25, 0.3) is 0 Å². The van der Waals surface area contributed by atoms with Crippen molar-refractivity contribution in [1.82, 2.24) is 5.32 Å². The second-order valence-electron chi connectivity index (χ2n) is 4.78. The van der Waals surface area contributed by atoms with E-state index in [1.54, 1.807) is 0 Å². The highest BCUT2D eigenvalue weighted by molar-refractivity contribution is 7.80. The highest BCUT2D eigenvalue weighted by atomic mass is 32.1. The molecule has 3 nitrogen and oxygen atoms in total. The van der Waals surface area contributed by atoms with Crippen LogP contribution in [0.3, 0.4) is 0 Å². The molecular weight excluding hydrogens is 282 g/mol. The molecule has 0 saturated carbocycles. The second-order valence-corrected chi connectivity index (χ2v) is 5.09. The lowest BCUT2D eigenvalue weighted by molar-refractivity contribution is -0.124. The normalized spacial score (nSPS) is 11.1. The fourth-order valence-corrected chi connectivity index (χ4v) is 2.96. The molecule has 0 aliphatic heterocycles. The molecular formula is C17H19NO2S. The standard InChI is InChI=1S/C17H19NO2S/c19-12-11-18-16(20)17(13-21,14-7-3-1-4-8-14)15-9-5-2-6-10-15/h1-10,19,21H,11-13H2,(H,18,20). The number of hydrogen-bond acceptors (Lipinski definition) is 3. The summed E-state index contributed by atoms with van der Waals surface area (Å²) in [5.41, 5.74) is 0.920. The first-order valence-electron chi connectivity index (χ1n) is 6.87. The molecule has 0 aromatic heterocycles. The summed E-state index contributed by atoms with van der Waals surface area (Å²) in [6.45, 7) is 0.145. The van der Waals surface area contributed by atoms with Crippen molar-refractivity contribution in [3.63, 3.8) is 0 Å². The van der Waals surface area contributed by atoms with Crippen LogP contribution in [-0.2, 0) is 10.2 Å². The van der Waals surface area contributed by atoms with Crippen LogP contribution in [0.2, 0.25) is 0 Å². The third-order valence-electron chi connectivity index (χ3n) is 3.56. The van der Waals surface area contributed by atoms with Crippen molar-refractivity contribution in [3.8, 4) is 0 Å². The molecule has 2 N–H and O–H groups in total. The van der Waals surface area contributed by atoms with Crippen LogP contribution in [0, 0.1) is 0 Å². The minimum absolute atomic E-state index is 0.0853. The van der Waals surface area contributed by atoms with Gasteiger partial charge in [-0.2, -0.15) is 12.6 Å². The van der Waals surface area contributed by atoms with Crippen molar-refractivity contribution >= 4 is 18.5 Å². The van der Waals surface area contributed by atoms with E-state index in [-0.39, 0.29) is 19.1 Å². The molecule has 0 bridgehead atoms.